The van der Waals surface area contributed by atoms with Crippen LogP contribution < -0.4 is 19.1 Å². The van der Waals surface area contributed by atoms with E-state index >= 15 is 0 Å². The number of hydrogen-bond acceptors (Lipinski definition) is 5. The largest absolute Gasteiger partial charge is 0.497 e. The third-order valence-electron chi connectivity index (χ3n) is 4.20. The van der Waals surface area contributed by atoms with Crippen LogP contribution in [0.1, 0.15) is 27.1 Å². The average Bonchev–Trinajstić information content (AvgIpc) is 2.67. The maximum Gasteiger partial charge on any atom is 0.258 e. The Hall–Kier alpha value is -3.02. The quantitative estimate of drug-likeness (QED) is 0.855. The van der Waals surface area contributed by atoms with Gasteiger partial charge in [0, 0.05) is 30.2 Å². The number of ketones is 1. The summed E-state index contributed by atoms with van der Waals surface area (Å²) in [5, 5.41) is 0. The topological polar surface area (TPSA) is 65.1 Å². The first-order valence-corrected chi connectivity index (χ1v) is 7.83. The maximum atomic E-state index is 13.0. The Morgan fingerprint density at radius 2 is 1.56 bits per heavy atom. The number of Topliss-reactive ketones (excluding diaryl/α,β-unsaturated/α-hetero) is 1. The zero-order valence-electron chi connectivity index (χ0n) is 14.4. The number of carbonyl (C=O) groups is 2. The smallest absolute Gasteiger partial charge is 0.258 e. The Bertz CT molecular complexity index is 808. The van der Waals surface area contributed by atoms with Crippen molar-refractivity contribution < 1.29 is 23.8 Å². The summed E-state index contributed by atoms with van der Waals surface area (Å²) < 4.78 is 15.6. The SMILES string of the molecule is COc1cc(OC)cc(C(=O)N2CCC(=O)c3cc(OC)ccc32)c1. The van der Waals surface area contributed by atoms with Crippen molar-refractivity contribution in [3.63, 3.8) is 0 Å². The molecule has 3 rings (SSSR count). The molecule has 130 valence electrons. The van der Waals surface area contributed by atoms with Crippen LogP contribution in [-0.2, 0) is 0 Å². The van der Waals surface area contributed by atoms with Crippen molar-refractivity contribution in [1.82, 2.24) is 0 Å². The number of carbonyl (C=O) groups excluding carboxylic acids is 2. The molecule has 0 aliphatic carbocycles. The Balaban J connectivity index is 2.02. The first-order chi connectivity index (χ1) is 12.1. The van der Waals surface area contributed by atoms with Gasteiger partial charge in [-0.05, 0) is 30.3 Å². The van der Waals surface area contributed by atoms with Crippen LogP contribution in [0.3, 0.4) is 0 Å². The summed E-state index contributed by atoms with van der Waals surface area (Å²) in [4.78, 5) is 26.9. The zero-order chi connectivity index (χ0) is 18.0. The normalized spacial score (nSPS) is 13.2. The lowest BCUT2D eigenvalue weighted by Crippen LogP contribution is -2.37. The highest BCUT2D eigenvalue weighted by Crippen LogP contribution is 2.32. The van der Waals surface area contributed by atoms with Gasteiger partial charge in [0.2, 0.25) is 0 Å². The lowest BCUT2D eigenvalue weighted by molar-refractivity contribution is 0.0954. The van der Waals surface area contributed by atoms with Crippen molar-refractivity contribution in [2.24, 2.45) is 0 Å². The van der Waals surface area contributed by atoms with E-state index in [1.807, 2.05) is 0 Å². The minimum Gasteiger partial charge on any atom is -0.497 e. The summed E-state index contributed by atoms with van der Waals surface area (Å²) in [5.74, 6) is 1.44. The summed E-state index contributed by atoms with van der Waals surface area (Å²) in [6, 6.07) is 10.2. The molecule has 0 N–H and O–H groups in total. The van der Waals surface area contributed by atoms with Gasteiger partial charge in [-0.25, -0.2) is 0 Å². The predicted molar refractivity (Wildman–Crippen MR) is 93.2 cm³/mol. The highest BCUT2D eigenvalue weighted by molar-refractivity contribution is 6.13. The van der Waals surface area contributed by atoms with Gasteiger partial charge in [0.05, 0.1) is 27.0 Å². The molecule has 2 aromatic carbocycles. The molecule has 6 heteroatoms. The van der Waals surface area contributed by atoms with Crippen LogP contribution >= 0.6 is 0 Å². The highest BCUT2D eigenvalue weighted by atomic mass is 16.5. The van der Waals surface area contributed by atoms with E-state index in [0.29, 0.717) is 40.6 Å². The fourth-order valence-corrected chi connectivity index (χ4v) is 2.87. The molecule has 0 atom stereocenters. The number of fused-ring (bicyclic) bond motifs is 1. The second-order valence-corrected chi connectivity index (χ2v) is 5.61. The van der Waals surface area contributed by atoms with Gasteiger partial charge >= 0.3 is 0 Å². The van der Waals surface area contributed by atoms with Crippen molar-refractivity contribution in [2.45, 2.75) is 6.42 Å². The molecule has 0 fully saturated rings. The van der Waals surface area contributed by atoms with Crippen molar-refractivity contribution in [3.8, 4) is 17.2 Å². The summed E-state index contributed by atoms with van der Waals surface area (Å²) in [6.45, 7) is 0.330. The third kappa shape index (κ3) is 3.15. The monoisotopic (exact) mass is 341 g/mol. The lowest BCUT2D eigenvalue weighted by atomic mass is 9.99. The van der Waals surface area contributed by atoms with Crippen LogP contribution in [-0.4, -0.2) is 39.6 Å². The van der Waals surface area contributed by atoms with Crippen LogP contribution in [0.4, 0.5) is 5.69 Å². The minimum absolute atomic E-state index is 0.00109. The predicted octanol–water partition coefficient (Wildman–Crippen LogP) is 2.95. The van der Waals surface area contributed by atoms with Crippen LogP contribution in [0.25, 0.3) is 0 Å². The Morgan fingerprint density at radius 3 is 2.16 bits per heavy atom. The van der Waals surface area contributed by atoms with Gasteiger partial charge in [-0.15, -0.1) is 0 Å². The van der Waals surface area contributed by atoms with Crippen molar-refractivity contribution in [1.29, 1.82) is 0 Å². The highest BCUT2D eigenvalue weighted by Gasteiger charge is 2.29. The van der Waals surface area contributed by atoms with Gasteiger partial charge in [-0.1, -0.05) is 0 Å². The van der Waals surface area contributed by atoms with E-state index in [0.717, 1.165) is 0 Å². The van der Waals surface area contributed by atoms with Gasteiger partial charge in [0.1, 0.15) is 17.2 Å². The van der Waals surface area contributed by atoms with E-state index in [-0.39, 0.29) is 18.1 Å². The van der Waals surface area contributed by atoms with Gasteiger partial charge in [-0.2, -0.15) is 0 Å². The summed E-state index contributed by atoms with van der Waals surface area (Å²) >= 11 is 0. The maximum absolute atomic E-state index is 13.0. The van der Waals surface area contributed by atoms with Gasteiger partial charge in [-0.3, -0.25) is 9.59 Å². The molecule has 1 aliphatic heterocycles. The molecule has 0 unspecified atom stereocenters. The summed E-state index contributed by atoms with van der Waals surface area (Å²) in [6.07, 6.45) is 0.271. The van der Waals surface area contributed by atoms with E-state index in [4.69, 9.17) is 14.2 Å². The van der Waals surface area contributed by atoms with E-state index in [1.54, 1.807) is 48.4 Å². The molecular formula is C19H19NO5. The number of methoxy groups -OCH3 is 3. The molecule has 25 heavy (non-hydrogen) atoms. The number of ether oxygens (including phenoxy) is 3. The molecular weight excluding hydrogens is 322 g/mol. The minimum atomic E-state index is -0.212. The number of anilines is 1. The molecule has 0 saturated heterocycles. The molecule has 1 aliphatic rings. The van der Waals surface area contributed by atoms with Crippen molar-refractivity contribution in [2.75, 3.05) is 32.8 Å². The van der Waals surface area contributed by atoms with E-state index in [2.05, 4.69) is 0 Å². The molecule has 0 spiro atoms. The molecule has 0 radical (unpaired) electrons. The van der Waals surface area contributed by atoms with Crippen LogP contribution in [0, 0.1) is 0 Å². The Kier molecular flexibility index (Phi) is 4.61. The summed E-state index contributed by atoms with van der Waals surface area (Å²) in [7, 11) is 4.61. The fourth-order valence-electron chi connectivity index (χ4n) is 2.87. The third-order valence-corrected chi connectivity index (χ3v) is 4.20. The second kappa shape index (κ2) is 6.84. The Labute approximate surface area is 145 Å². The molecule has 1 amide bonds. The molecule has 6 nitrogen and oxygen atoms in total. The first-order valence-electron chi connectivity index (χ1n) is 7.83. The number of benzene rings is 2. The van der Waals surface area contributed by atoms with Crippen LogP contribution in [0.2, 0.25) is 0 Å². The lowest BCUT2D eigenvalue weighted by Gasteiger charge is -2.29. The van der Waals surface area contributed by atoms with Crippen LogP contribution in [0.5, 0.6) is 17.2 Å². The van der Waals surface area contributed by atoms with Gasteiger partial charge in [0.25, 0.3) is 5.91 Å². The van der Waals surface area contributed by atoms with Crippen LogP contribution in [0.15, 0.2) is 36.4 Å². The number of hydrogen-bond donors (Lipinski definition) is 0. The van der Waals surface area contributed by atoms with Crippen molar-refractivity contribution >= 4 is 17.4 Å². The number of nitrogens with zero attached hydrogens (tertiary/aromatic N) is 1. The average molecular weight is 341 g/mol. The molecule has 0 saturated carbocycles. The number of rotatable bonds is 4. The fraction of sp³-hybridized carbons (Fsp3) is 0.263. The molecule has 0 bridgehead atoms. The zero-order valence-corrected chi connectivity index (χ0v) is 14.4. The van der Waals surface area contributed by atoms with Crippen molar-refractivity contribution in [3.05, 3.63) is 47.5 Å². The second-order valence-electron chi connectivity index (χ2n) is 5.61. The Morgan fingerprint density at radius 1 is 0.920 bits per heavy atom. The molecule has 2 aromatic rings. The molecule has 0 aromatic heterocycles. The summed E-state index contributed by atoms with van der Waals surface area (Å²) in [5.41, 5.74) is 1.52. The van der Waals surface area contributed by atoms with Gasteiger partial charge in [0.15, 0.2) is 5.78 Å². The van der Waals surface area contributed by atoms with E-state index < -0.39 is 0 Å². The standard InChI is InChI=1S/C19H19NO5/c1-23-13-4-5-17-16(11-13)18(21)6-7-20(17)19(22)12-8-14(24-2)10-15(9-12)25-3/h4-5,8-11H,6-7H2,1-3H3. The van der Waals surface area contributed by atoms with E-state index in [1.165, 1.54) is 14.2 Å². The van der Waals surface area contributed by atoms with E-state index in [9.17, 15) is 9.59 Å². The number of amides is 1. The van der Waals surface area contributed by atoms with Gasteiger partial charge < -0.3 is 19.1 Å². The first kappa shape index (κ1) is 16.8. The molecule has 1 heterocycles.